The molecule has 206 valence electrons. The van der Waals surface area contributed by atoms with Crippen LogP contribution in [0.15, 0.2) is 76.6 Å². The molecule has 1 saturated carbocycles. The van der Waals surface area contributed by atoms with E-state index < -0.39 is 0 Å². The molecule has 8 nitrogen and oxygen atoms in total. The number of amides is 1. The predicted octanol–water partition coefficient (Wildman–Crippen LogP) is 5.55. The number of benzene rings is 3. The predicted molar refractivity (Wildman–Crippen MR) is 156 cm³/mol. The number of hydrogen-bond donors (Lipinski definition) is 1. The lowest BCUT2D eigenvalue weighted by atomic mass is 9.88. The molecule has 1 N–H and O–H groups in total. The van der Waals surface area contributed by atoms with Crippen LogP contribution in [-0.4, -0.2) is 42.5 Å². The molecule has 40 heavy (non-hydrogen) atoms. The summed E-state index contributed by atoms with van der Waals surface area (Å²) in [6, 6.07) is 18.4. The fraction of sp³-hybridized carbons (Fsp3) is 0.290. The standard InChI is InChI=1S/C31H32FN5O3/c1-36(2)25-17-12-22(28(18-25)40-20-29(38)34-24-15-13-23(32)14-16-24)19-33-37-30(21-8-4-3-5-9-21)35-27-11-7-6-10-26(27)31(37)39/h6-7,10-19,21H,3-5,8-9,20H2,1-2H3,(H,34,38). The number of aromatic nitrogens is 2. The van der Waals surface area contributed by atoms with E-state index in [4.69, 9.17) is 9.72 Å². The van der Waals surface area contributed by atoms with E-state index in [0.29, 0.717) is 33.7 Å². The maximum atomic E-state index is 13.5. The Morgan fingerprint density at radius 2 is 1.85 bits per heavy atom. The summed E-state index contributed by atoms with van der Waals surface area (Å²) < 4.78 is 20.5. The lowest BCUT2D eigenvalue weighted by Gasteiger charge is -2.22. The van der Waals surface area contributed by atoms with Gasteiger partial charge in [-0.05, 0) is 61.4 Å². The third-order valence-corrected chi connectivity index (χ3v) is 7.06. The minimum Gasteiger partial charge on any atom is -0.483 e. The van der Waals surface area contributed by atoms with Crippen molar-refractivity contribution in [3.8, 4) is 5.75 Å². The second-order valence-electron chi connectivity index (χ2n) is 10.1. The fourth-order valence-corrected chi connectivity index (χ4v) is 4.90. The van der Waals surface area contributed by atoms with E-state index >= 15 is 0 Å². The summed E-state index contributed by atoms with van der Waals surface area (Å²) >= 11 is 0. The Balaban J connectivity index is 1.45. The van der Waals surface area contributed by atoms with Gasteiger partial charge in [0, 0.05) is 43.0 Å². The highest BCUT2D eigenvalue weighted by Crippen LogP contribution is 2.32. The Morgan fingerprint density at radius 1 is 1.10 bits per heavy atom. The second kappa shape index (κ2) is 12.1. The first-order valence-corrected chi connectivity index (χ1v) is 13.4. The van der Waals surface area contributed by atoms with E-state index in [0.717, 1.165) is 31.4 Å². The molecular weight excluding hydrogens is 509 g/mol. The van der Waals surface area contributed by atoms with Crippen molar-refractivity contribution < 1.29 is 13.9 Å². The van der Waals surface area contributed by atoms with Crippen LogP contribution >= 0.6 is 0 Å². The number of carbonyl (C=O) groups is 1. The lowest BCUT2D eigenvalue weighted by molar-refractivity contribution is -0.118. The van der Waals surface area contributed by atoms with E-state index in [1.807, 2.05) is 55.4 Å². The number of nitrogens with one attached hydrogen (secondary N) is 1. The highest BCUT2D eigenvalue weighted by Gasteiger charge is 2.22. The van der Waals surface area contributed by atoms with Crippen molar-refractivity contribution in [3.63, 3.8) is 0 Å². The van der Waals surface area contributed by atoms with Crippen LogP contribution in [0.4, 0.5) is 15.8 Å². The molecule has 0 atom stereocenters. The van der Waals surface area contributed by atoms with Gasteiger partial charge in [0.1, 0.15) is 17.4 Å². The molecule has 1 aliphatic carbocycles. The summed E-state index contributed by atoms with van der Waals surface area (Å²) in [6.45, 7) is -0.264. The maximum absolute atomic E-state index is 13.5. The van der Waals surface area contributed by atoms with E-state index in [1.54, 1.807) is 12.3 Å². The van der Waals surface area contributed by atoms with E-state index in [9.17, 15) is 14.0 Å². The van der Waals surface area contributed by atoms with Gasteiger partial charge in [-0.25, -0.2) is 9.37 Å². The van der Waals surface area contributed by atoms with Crippen molar-refractivity contribution in [2.45, 2.75) is 38.0 Å². The van der Waals surface area contributed by atoms with Gasteiger partial charge in [-0.2, -0.15) is 9.78 Å². The van der Waals surface area contributed by atoms with Crippen LogP contribution in [0, 0.1) is 5.82 Å². The molecule has 1 amide bonds. The SMILES string of the molecule is CN(C)c1ccc(C=Nn2c(C3CCCCC3)nc3ccccc3c2=O)c(OCC(=O)Nc2ccc(F)cc2)c1. The van der Waals surface area contributed by atoms with Gasteiger partial charge in [0.15, 0.2) is 6.61 Å². The molecule has 4 aromatic rings. The maximum Gasteiger partial charge on any atom is 0.282 e. The summed E-state index contributed by atoms with van der Waals surface area (Å²) in [5, 5.41) is 7.83. The first-order valence-electron chi connectivity index (χ1n) is 13.4. The van der Waals surface area contributed by atoms with Crippen LogP contribution in [0.5, 0.6) is 5.75 Å². The first kappa shape index (κ1) is 27.1. The summed E-state index contributed by atoms with van der Waals surface area (Å²) in [6.07, 6.45) is 6.90. The van der Waals surface area contributed by atoms with Crippen LogP contribution in [0.25, 0.3) is 10.9 Å². The second-order valence-corrected chi connectivity index (χ2v) is 10.1. The van der Waals surface area contributed by atoms with Gasteiger partial charge >= 0.3 is 0 Å². The molecule has 9 heteroatoms. The molecule has 1 aromatic heterocycles. The largest absolute Gasteiger partial charge is 0.483 e. The number of para-hydroxylation sites is 1. The van der Waals surface area contributed by atoms with Gasteiger partial charge in [0.05, 0.1) is 17.1 Å². The normalized spacial score (nSPS) is 14.0. The van der Waals surface area contributed by atoms with Crippen LogP contribution in [-0.2, 0) is 4.79 Å². The minimum absolute atomic E-state index is 0.158. The summed E-state index contributed by atoms with van der Waals surface area (Å²) in [5.74, 6) is 0.492. The van der Waals surface area contributed by atoms with Gasteiger partial charge in [0.2, 0.25) is 0 Å². The number of ether oxygens (including phenoxy) is 1. The molecule has 1 heterocycles. The van der Waals surface area contributed by atoms with Gasteiger partial charge in [-0.3, -0.25) is 9.59 Å². The Labute approximate surface area is 232 Å². The first-order chi connectivity index (χ1) is 19.4. The van der Waals surface area contributed by atoms with Crippen LogP contribution < -0.4 is 20.5 Å². The molecule has 0 unspecified atom stereocenters. The average Bonchev–Trinajstić information content (AvgIpc) is 2.97. The van der Waals surface area contributed by atoms with Crippen LogP contribution in [0.1, 0.15) is 49.4 Å². The fourth-order valence-electron chi connectivity index (χ4n) is 4.90. The van der Waals surface area contributed by atoms with Crippen LogP contribution in [0.3, 0.4) is 0 Å². The molecule has 0 saturated heterocycles. The van der Waals surface area contributed by atoms with Gasteiger partial charge in [0.25, 0.3) is 11.5 Å². The molecule has 0 bridgehead atoms. The Kier molecular flexibility index (Phi) is 8.19. The van der Waals surface area contributed by atoms with Crippen molar-refractivity contribution in [2.24, 2.45) is 5.10 Å². The topological polar surface area (TPSA) is 88.8 Å². The third kappa shape index (κ3) is 6.20. The summed E-state index contributed by atoms with van der Waals surface area (Å²) in [5.41, 5.74) is 2.41. The molecule has 1 aliphatic rings. The zero-order valence-corrected chi connectivity index (χ0v) is 22.6. The van der Waals surface area contributed by atoms with Gasteiger partial charge in [-0.15, -0.1) is 0 Å². The number of fused-ring (bicyclic) bond motifs is 1. The highest BCUT2D eigenvalue weighted by atomic mass is 19.1. The molecular formula is C31H32FN5O3. The summed E-state index contributed by atoms with van der Waals surface area (Å²) in [4.78, 5) is 32.9. The molecule has 0 spiro atoms. The Bertz CT molecular complexity index is 1590. The smallest absolute Gasteiger partial charge is 0.282 e. The van der Waals surface area contributed by atoms with Crippen molar-refractivity contribution in [1.29, 1.82) is 0 Å². The monoisotopic (exact) mass is 541 g/mol. The zero-order chi connectivity index (χ0) is 28.1. The number of hydrogen-bond acceptors (Lipinski definition) is 6. The molecule has 0 aliphatic heterocycles. The quantitative estimate of drug-likeness (QED) is 0.296. The Morgan fingerprint density at radius 3 is 2.60 bits per heavy atom. The van der Waals surface area contributed by atoms with Gasteiger partial charge in [-0.1, -0.05) is 31.4 Å². The van der Waals surface area contributed by atoms with E-state index in [-0.39, 0.29) is 29.8 Å². The van der Waals surface area contributed by atoms with E-state index in [2.05, 4.69) is 10.4 Å². The highest BCUT2D eigenvalue weighted by molar-refractivity contribution is 5.92. The van der Waals surface area contributed by atoms with Gasteiger partial charge < -0.3 is 15.0 Å². The number of anilines is 2. The molecule has 1 fully saturated rings. The number of nitrogens with zero attached hydrogens (tertiary/aromatic N) is 4. The number of carbonyl (C=O) groups excluding carboxylic acids is 1. The van der Waals surface area contributed by atoms with Crippen LogP contribution in [0.2, 0.25) is 0 Å². The number of halogens is 1. The average molecular weight is 542 g/mol. The zero-order valence-electron chi connectivity index (χ0n) is 22.6. The third-order valence-electron chi connectivity index (χ3n) is 7.06. The Hall–Kier alpha value is -4.53. The molecule has 5 rings (SSSR count). The lowest BCUT2D eigenvalue weighted by Crippen LogP contribution is -2.25. The summed E-state index contributed by atoms with van der Waals surface area (Å²) in [7, 11) is 3.82. The molecule has 3 aromatic carbocycles. The van der Waals surface area contributed by atoms with Crippen molar-refractivity contribution >= 4 is 34.4 Å². The van der Waals surface area contributed by atoms with Crippen molar-refractivity contribution in [1.82, 2.24) is 9.66 Å². The minimum atomic E-state index is -0.390. The molecule has 0 radical (unpaired) electrons. The van der Waals surface area contributed by atoms with E-state index in [1.165, 1.54) is 35.4 Å². The number of rotatable bonds is 8. The van der Waals surface area contributed by atoms with Crippen molar-refractivity contribution in [3.05, 3.63) is 94.3 Å². The van der Waals surface area contributed by atoms with Crippen molar-refractivity contribution in [2.75, 3.05) is 30.9 Å².